The molecule has 162 valence electrons. The van der Waals surface area contributed by atoms with Crippen LogP contribution in [0, 0.1) is 5.92 Å². The Kier molecular flexibility index (Phi) is 7.39. The summed E-state index contributed by atoms with van der Waals surface area (Å²) >= 11 is 0. The number of benzene rings is 3. The van der Waals surface area contributed by atoms with Crippen molar-refractivity contribution in [2.75, 3.05) is 24.5 Å². The smallest absolute Gasteiger partial charge is 0.0596 e. The minimum atomic E-state index is -0.211. The van der Waals surface area contributed by atoms with Gasteiger partial charge in [-0.1, -0.05) is 72.8 Å². The summed E-state index contributed by atoms with van der Waals surface area (Å²) in [6.07, 6.45) is 1.57. The van der Waals surface area contributed by atoms with Crippen LogP contribution in [0.25, 0.3) is 0 Å². The molecule has 1 N–H and O–H groups in total. The lowest BCUT2D eigenvalue weighted by Crippen LogP contribution is -2.43. The van der Waals surface area contributed by atoms with Crippen molar-refractivity contribution in [3.05, 3.63) is 102 Å². The van der Waals surface area contributed by atoms with Crippen molar-refractivity contribution < 1.29 is 5.11 Å². The third-order valence-electron chi connectivity index (χ3n) is 6.42. The third kappa shape index (κ3) is 5.96. The summed E-state index contributed by atoms with van der Waals surface area (Å²) in [7, 11) is 0. The summed E-state index contributed by atoms with van der Waals surface area (Å²) < 4.78 is 0. The highest BCUT2D eigenvalue weighted by molar-refractivity contribution is 5.48. The molecule has 3 aromatic carbocycles. The maximum atomic E-state index is 10.6. The number of aliphatic hydroxyl groups excluding tert-OH is 1. The first-order valence-corrected chi connectivity index (χ1v) is 11.5. The fourth-order valence-electron chi connectivity index (χ4n) is 4.62. The van der Waals surface area contributed by atoms with Gasteiger partial charge < -0.3 is 10.0 Å². The van der Waals surface area contributed by atoms with Crippen molar-refractivity contribution in [2.24, 2.45) is 5.92 Å². The monoisotopic (exact) mass is 414 g/mol. The molecule has 3 nitrogen and oxygen atoms in total. The number of likely N-dealkylation sites (tertiary alicyclic amines) is 1. The number of piperidine rings is 1. The van der Waals surface area contributed by atoms with Gasteiger partial charge in [0.05, 0.1) is 6.10 Å². The molecule has 0 amide bonds. The molecule has 2 unspecified atom stereocenters. The van der Waals surface area contributed by atoms with Crippen LogP contribution < -0.4 is 4.90 Å². The zero-order valence-electron chi connectivity index (χ0n) is 18.5. The molecule has 0 saturated carbocycles. The maximum Gasteiger partial charge on any atom is 0.0596 e. The summed E-state index contributed by atoms with van der Waals surface area (Å²) in [5.74, 6) is 0.287. The first-order chi connectivity index (χ1) is 15.2. The molecule has 1 heterocycles. The average Bonchev–Trinajstić information content (AvgIpc) is 2.82. The van der Waals surface area contributed by atoms with Gasteiger partial charge in [0.15, 0.2) is 0 Å². The number of aliphatic hydroxyl groups is 1. The van der Waals surface area contributed by atoms with E-state index in [-0.39, 0.29) is 12.0 Å². The summed E-state index contributed by atoms with van der Waals surface area (Å²) in [6, 6.07) is 30.2. The molecule has 3 aromatic rings. The van der Waals surface area contributed by atoms with Gasteiger partial charge in [-0.3, -0.25) is 4.90 Å². The van der Waals surface area contributed by atoms with E-state index in [1.54, 1.807) is 0 Å². The van der Waals surface area contributed by atoms with E-state index in [1.165, 1.54) is 22.4 Å². The van der Waals surface area contributed by atoms with Crippen LogP contribution in [-0.2, 0) is 19.5 Å². The molecule has 1 aliphatic rings. The van der Waals surface area contributed by atoms with Crippen LogP contribution in [0.4, 0.5) is 5.69 Å². The third-order valence-corrected chi connectivity index (χ3v) is 6.42. The lowest BCUT2D eigenvalue weighted by molar-refractivity contribution is 0.0239. The van der Waals surface area contributed by atoms with Gasteiger partial charge in [-0.25, -0.2) is 0 Å². The van der Waals surface area contributed by atoms with Gasteiger partial charge in [0.2, 0.25) is 0 Å². The molecule has 1 aliphatic heterocycles. The predicted octanol–water partition coefficient (Wildman–Crippen LogP) is 5.14. The van der Waals surface area contributed by atoms with E-state index in [4.69, 9.17) is 0 Å². The number of hydrogen-bond acceptors (Lipinski definition) is 3. The predicted molar refractivity (Wildman–Crippen MR) is 129 cm³/mol. The molecule has 31 heavy (non-hydrogen) atoms. The molecule has 0 aliphatic carbocycles. The minimum Gasteiger partial charge on any atom is -0.393 e. The van der Waals surface area contributed by atoms with Crippen LogP contribution >= 0.6 is 0 Å². The molecule has 1 fully saturated rings. The lowest BCUT2D eigenvalue weighted by atomic mass is 9.88. The summed E-state index contributed by atoms with van der Waals surface area (Å²) in [6.45, 7) is 6.99. The van der Waals surface area contributed by atoms with Crippen molar-refractivity contribution >= 4 is 5.69 Å². The van der Waals surface area contributed by atoms with Crippen molar-refractivity contribution in [1.29, 1.82) is 0 Å². The Labute approximate surface area is 187 Å². The fraction of sp³-hybridized carbons (Fsp3) is 0.357. The van der Waals surface area contributed by atoms with E-state index >= 15 is 0 Å². The van der Waals surface area contributed by atoms with E-state index in [0.29, 0.717) is 0 Å². The number of hydrogen-bond donors (Lipinski definition) is 1. The highest BCUT2D eigenvalue weighted by atomic mass is 16.3. The van der Waals surface area contributed by atoms with Gasteiger partial charge in [-0.05, 0) is 48.6 Å². The van der Waals surface area contributed by atoms with Gasteiger partial charge >= 0.3 is 0 Å². The summed E-state index contributed by atoms with van der Waals surface area (Å²) in [5.41, 5.74) is 5.24. The van der Waals surface area contributed by atoms with Crippen molar-refractivity contribution in [1.82, 2.24) is 4.90 Å². The zero-order valence-corrected chi connectivity index (χ0v) is 18.5. The van der Waals surface area contributed by atoms with Gasteiger partial charge in [0.25, 0.3) is 0 Å². The molecule has 0 aromatic heterocycles. The number of nitrogens with zero attached hydrogens (tertiary/aromatic N) is 2. The molecule has 3 heteroatoms. The second-order valence-electron chi connectivity index (χ2n) is 8.71. The van der Waals surface area contributed by atoms with E-state index in [9.17, 15) is 5.11 Å². The van der Waals surface area contributed by atoms with E-state index in [2.05, 4.69) is 102 Å². The van der Waals surface area contributed by atoms with Crippen LogP contribution in [0.2, 0.25) is 0 Å². The Balaban J connectivity index is 1.37. The topological polar surface area (TPSA) is 26.7 Å². The average molecular weight is 415 g/mol. The molecule has 1 saturated heterocycles. The lowest BCUT2D eigenvalue weighted by Gasteiger charge is -2.36. The van der Waals surface area contributed by atoms with Crippen LogP contribution in [-0.4, -0.2) is 35.7 Å². The fourth-order valence-corrected chi connectivity index (χ4v) is 4.62. The van der Waals surface area contributed by atoms with Crippen LogP contribution in [0.15, 0.2) is 84.9 Å². The number of anilines is 1. The Bertz CT molecular complexity index is 911. The second-order valence-corrected chi connectivity index (χ2v) is 8.71. The standard InChI is InChI=1S/C28H34N2O/c1-2-30(21-25-11-7-4-8-12-25)27-15-13-23(14-16-27)19-26-22-29(18-17-28(26)31)20-24-9-5-3-6-10-24/h3-16,26,28,31H,2,17-22H2,1H3. The highest BCUT2D eigenvalue weighted by Gasteiger charge is 2.27. The quantitative estimate of drug-likeness (QED) is 0.553. The second kappa shape index (κ2) is 10.6. The summed E-state index contributed by atoms with van der Waals surface area (Å²) in [4.78, 5) is 4.88. The van der Waals surface area contributed by atoms with Crippen LogP contribution in [0.3, 0.4) is 0 Å². The molecule has 0 spiro atoms. The van der Waals surface area contributed by atoms with E-state index in [0.717, 1.165) is 45.6 Å². The van der Waals surface area contributed by atoms with Crippen LogP contribution in [0.1, 0.15) is 30.0 Å². The van der Waals surface area contributed by atoms with Crippen molar-refractivity contribution in [3.8, 4) is 0 Å². The van der Waals surface area contributed by atoms with Crippen molar-refractivity contribution in [3.63, 3.8) is 0 Å². The van der Waals surface area contributed by atoms with Crippen molar-refractivity contribution in [2.45, 2.75) is 39.0 Å². The van der Waals surface area contributed by atoms with Crippen LogP contribution in [0.5, 0.6) is 0 Å². The molecule has 0 radical (unpaired) electrons. The molecule has 2 atom stereocenters. The van der Waals surface area contributed by atoms with Gasteiger partial charge in [0, 0.05) is 44.3 Å². The SMILES string of the molecule is CCN(Cc1ccccc1)c1ccc(CC2CN(Cc3ccccc3)CCC2O)cc1. The van der Waals surface area contributed by atoms with E-state index in [1.807, 2.05) is 0 Å². The normalized spacial score (nSPS) is 19.3. The Morgan fingerprint density at radius 2 is 1.48 bits per heavy atom. The maximum absolute atomic E-state index is 10.6. The van der Waals surface area contributed by atoms with Gasteiger partial charge in [-0.2, -0.15) is 0 Å². The first-order valence-electron chi connectivity index (χ1n) is 11.5. The first kappa shape index (κ1) is 21.6. The molecule has 4 rings (SSSR count). The Morgan fingerprint density at radius 3 is 2.13 bits per heavy atom. The molecular weight excluding hydrogens is 380 g/mol. The molecule has 0 bridgehead atoms. The van der Waals surface area contributed by atoms with Gasteiger partial charge in [-0.15, -0.1) is 0 Å². The largest absolute Gasteiger partial charge is 0.393 e. The minimum absolute atomic E-state index is 0.211. The zero-order chi connectivity index (χ0) is 21.5. The summed E-state index contributed by atoms with van der Waals surface area (Å²) in [5, 5.41) is 10.6. The van der Waals surface area contributed by atoms with Gasteiger partial charge in [0.1, 0.15) is 0 Å². The molecular formula is C28H34N2O. The highest BCUT2D eigenvalue weighted by Crippen LogP contribution is 2.25. The Hall–Kier alpha value is -2.62. The van der Waals surface area contributed by atoms with E-state index < -0.39 is 0 Å². The number of rotatable bonds is 8. The Morgan fingerprint density at radius 1 is 0.839 bits per heavy atom.